The number of carbonyl (C=O) groups is 2. The highest BCUT2D eigenvalue weighted by Gasteiger charge is 2.32. The summed E-state index contributed by atoms with van der Waals surface area (Å²) in [4.78, 5) is 27.7. The van der Waals surface area contributed by atoms with Crippen molar-refractivity contribution >= 4 is 22.9 Å². The number of benzene rings is 1. The molecule has 31 heavy (non-hydrogen) atoms. The molecule has 0 bridgehead atoms. The molecule has 4 rings (SSSR count). The van der Waals surface area contributed by atoms with Crippen LogP contribution in [0.3, 0.4) is 0 Å². The van der Waals surface area contributed by atoms with Gasteiger partial charge in [0.1, 0.15) is 17.2 Å². The summed E-state index contributed by atoms with van der Waals surface area (Å²) in [5, 5.41) is 1.90. The van der Waals surface area contributed by atoms with Crippen molar-refractivity contribution < 1.29 is 23.5 Å². The second-order valence-electron chi connectivity index (χ2n) is 8.18. The zero-order valence-corrected chi connectivity index (χ0v) is 18.7. The van der Waals surface area contributed by atoms with E-state index in [0.717, 1.165) is 73.1 Å². The fourth-order valence-corrected chi connectivity index (χ4v) is 5.10. The van der Waals surface area contributed by atoms with E-state index >= 15 is 0 Å². The van der Waals surface area contributed by atoms with Gasteiger partial charge in [-0.15, -0.1) is 0 Å². The van der Waals surface area contributed by atoms with Crippen molar-refractivity contribution in [1.29, 1.82) is 0 Å². The molecule has 3 atom stereocenters. The summed E-state index contributed by atoms with van der Waals surface area (Å²) >= 11 is 1.12. The number of rotatable bonds is 8. The maximum absolute atomic E-state index is 11.8. The number of hydrogen-bond donors (Lipinski definition) is 1. The third-order valence-corrected chi connectivity index (χ3v) is 7.05. The van der Waals surface area contributed by atoms with Crippen LogP contribution in [0.15, 0.2) is 28.7 Å². The van der Waals surface area contributed by atoms with Gasteiger partial charge in [-0.2, -0.15) is 0 Å². The van der Waals surface area contributed by atoms with Gasteiger partial charge in [0.05, 0.1) is 25.1 Å². The number of hydrogen-bond acceptors (Lipinski definition) is 7. The molecule has 8 heteroatoms. The van der Waals surface area contributed by atoms with Crippen LogP contribution in [0.1, 0.15) is 50.0 Å². The predicted octanol–water partition coefficient (Wildman–Crippen LogP) is 4.87. The van der Waals surface area contributed by atoms with Crippen LogP contribution in [0, 0.1) is 12.8 Å². The molecule has 0 spiro atoms. The molecule has 1 aliphatic heterocycles. The van der Waals surface area contributed by atoms with Gasteiger partial charge in [-0.3, -0.25) is 14.9 Å². The Labute approximate surface area is 186 Å². The van der Waals surface area contributed by atoms with Crippen molar-refractivity contribution in [2.24, 2.45) is 5.92 Å². The molecule has 166 valence electrons. The highest BCUT2D eigenvalue weighted by molar-refractivity contribution is 8.15. The van der Waals surface area contributed by atoms with Crippen molar-refractivity contribution in [3.63, 3.8) is 0 Å². The van der Waals surface area contributed by atoms with Gasteiger partial charge < -0.3 is 13.9 Å². The van der Waals surface area contributed by atoms with Crippen LogP contribution in [-0.2, 0) is 16.1 Å². The lowest BCUT2D eigenvalue weighted by Crippen LogP contribution is -2.26. The van der Waals surface area contributed by atoms with E-state index in [4.69, 9.17) is 13.9 Å². The second kappa shape index (κ2) is 9.87. The number of nitrogens with zero attached hydrogens (tertiary/aromatic N) is 1. The first kappa shape index (κ1) is 21.9. The molecule has 2 heterocycles. The van der Waals surface area contributed by atoms with Crippen molar-refractivity contribution in [1.82, 2.24) is 10.3 Å². The number of methoxy groups -OCH3 is 1. The standard InChI is InChI=1S/C23H28N2O5S/c1-14-19(24-22(30-14)16-6-4-7-17(12-16)28-2)13-29-18-8-3-5-15(11-18)9-10-20-21(26)25-23(27)31-20/h4,6-7,12,15,18,20H,3,5,8-11,13H2,1-2H3,(H,25,26,27). The van der Waals surface area contributed by atoms with Crippen LogP contribution in [0.2, 0.25) is 0 Å². The van der Waals surface area contributed by atoms with Gasteiger partial charge in [-0.05, 0) is 56.7 Å². The Morgan fingerprint density at radius 2 is 2.13 bits per heavy atom. The molecule has 2 fully saturated rings. The maximum atomic E-state index is 11.8. The van der Waals surface area contributed by atoms with Crippen molar-refractivity contribution in [3.8, 4) is 17.2 Å². The Balaban J connectivity index is 1.29. The van der Waals surface area contributed by atoms with Gasteiger partial charge in [0, 0.05) is 5.56 Å². The van der Waals surface area contributed by atoms with Crippen molar-refractivity contribution in [2.75, 3.05) is 7.11 Å². The summed E-state index contributed by atoms with van der Waals surface area (Å²) < 4.78 is 17.3. The van der Waals surface area contributed by atoms with Gasteiger partial charge in [0.15, 0.2) is 0 Å². The van der Waals surface area contributed by atoms with Gasteiger partial charge in [-0.25, -0.2) is 4.98 Å². The van der Waals surface area contributed by atoms with Crippen LogP contribution in [0.4, 0.5) is 4.79 Å². The number of carbonyl (C=O) groups excluding carboxylic acids is 2. The lowest BCUT2D eigenvalue weighted by molar-refractivity contribution is -0.119. The van der Waals surface area contributed by atoms with Gasteiger partial charge in [-0.1, -0.05) is 30.7 Å². The average Bonchev–Trinajstić information content (AvgIpc) is 3.31. The van der Waals surface area contributed by atoms with E-state index in [2.05, 4.69) is 10.3 Å². The second-order valence-corrected chi connectivity index (χ2v) is 9.36. The van der Waals surface area contributed by atoms with E-state index in [0.29, 0.717) is 18.4 Å². The lowest BCUT2D eigenvalue weighted by atomic mass is 9.84. The number of nitrogens with one attached hydrogen (secondary N) is 1. The van der Waals surface area contributed by atoms with Gasteiger partial charge in [0.2, 0.25) is 11.8 Å². The van der Waals surface area contributed by atoms with E-state index in [1.54, 1.807) is 7.11 Å². The first-order valence-corrected chi connectivity index (χ1v) is 11.6. The third kappa shape index (κ3) is 5.49. The molecule has 1 aliphatic carbocycles. The number of aryl methyl sites for hydroxylation is 1. The van der Waals surface area contributed by atoms with E-state index in [1.165, 1.54) is 0 Å². The maximum Gasteiger partial charge on any atom is 0.286 e. The van der Waals surface area contributed by atoms with Crippen LogP contribution >= 0.6 is 11.8 Å². The fourth-order valence-electron chi connectivity index (χ4n) is 4.26. The number of thioether (sulfide) groups is 1. The van der Waals surface area contributed by atoms with Crippen LogP contribution in [0.25, 0.3) is 11.5 Å². The highest BCUT2D eigenvalue weighted by Crippen LogP contribution is 2.33. The van der Waals surface area contributed by atoms with E-state index in [9.17, 15) is 9.59 Å². The Hall–Kier alpha value is -2.32. The average molecular weight is 445 g/mol. The zero-order valence-electron chi connectivity index (χ0n) is 17.9. The molecule has 0 radical (unpaired) electrons. The molecule has 3 unspecified atom stereocenters. The summed E-state index contributed by atoms with van der Waals surface area (Å²) in [6, 6.07) is 7.65. The summed E-state index contributed by atoms with van der Waals surface area (Å²) in [6.45, 7) is 2.33. The number of amides is 2. The fraction of sp³-hybridized carbons (Fsp3) is 0.522. The molecule has 2 aromatic rings. The monoisotopic (exact) mass is 444 g/mol. The van der Waals surface area contributed by atoms with Gasteiger partial charge >= 0.3 is 0 Å². The number of oxazole rings is 1. The van der Waals surface area contributed by atoms with Gasteiger partial charge in [0.25, 0.3) is 5.24 Å². The zero-order chi connectivity index (χ0) is 21.8. The molecule has 2 aliphatic rings. The van der Waals surface area contributed by atoms with Crippen LogP contribution < -0.4 is 10.1 Å². The normalized spacial score (nSPS) is 23.7. The van der Waals surface area contributed by atoms with E-state index in [1.807, 2.05) is 31.2 Å². The molecule has 1 saturated carbocycles. The molecule has 2 amide bonds. The molecule has 1 N–H and O–H groups in total. The lowest BCUT2D eigenvalue weighted by Gasteiger charge is -2.29. The predicted molar refractivity (Wildman–Crippen MR) is 118 cm³/mol. The SMILES string of the molecule is COc1cccc(-c2nc(COC3CCCC(CCC4SC(=O)NC4=O)C3)c(C)o2)c1. The smallest absolute Gasteiger partial charge is 0.286 e. The Morgan fingerprint density at radius 1 is 1.26 bits per heavy atom. The summed E-state index contributed by atoms with van der Waals surface area (Å²) in [5.74, 6) is 2.47. The van der Waals surface area contributed by atoms with E-state index < -0.39 is 0 Å². The molecule has 7 nitrogen and oxygen atoms in total. The quantitative estimate of drug-likeness (QED) is 0.621. The summed E-state index contributed by atoms with van der Waals surface area (Å²) in [5.41, 5.74) is 1.69. The number of imide groups is 1. The highest BCUT2D eigenvalue weighted by atomic mass is 32.2. The van der Waals surface area contributed by atoms with E-state index in [-0.39, 0.29) is 22.5 Å². The minimum Gasteiger partial charge on any atom is -0.497 e. The Kier molecular flexibility index (Phi) is 6.97. The molecule has 1 saturated heterocycles. The minimum atomic E-state index is -0.235. The minimum absolute atomic E-state index is 0.146. The van der Waals surface area contributed by atoms with Crippen LogP contribution in [0.5, 0.6) is 5.75 Å². The third-order valence-electron chi connectivity index (χ3n) is 6.00. The Bertz CT molecular complexity index is 944. The number of aromatic nitrogens is 1. The molecule has 1 aromatic carbocycles. The van der Waals surface area contributed by atoms with Crippen molar-refractivity contribution in [2.45, 2.75) is 63.4 Å². The molecular formula is C23H28N2O5S. The first-order valence-electron chi connectivity index (χ1n) is 10.8. The molecular weight excluding hydrogens is 416 g/mol. The first-order chi connectivity index (χ1) is 15.0. The molecule has 1 aromatic heterocycles. The van der Waals surface area contributed by atoms with Crippen LogP contribution in [-0.4, -0.2) is 34.6 Å². The summed E-state index contributed by atoms with van der Waals surface area (Å²) in [7, 11) is 1.64. The Morgan fingerprint density at radius 3 is 2.90 bits per heavy atom. The number of ether oxygens (including phenoxy) is 2. The van der Waals surface area contributed by atoms with Crippen molar-refractivity contribution in [3.05, 3.63) is 35.7 Å². The summed E-state index contributed by atoms with van der Waals surface area (Å²) in [6.07, 6.45) is 6.15. The topological polar surface area (TPSA) is 90.7 Å². The largest absolute Gasteiger partial charge is 0.497 e.